The molecular formula is C23H25N3O7. The minimum atomic E-state index is -1.16. The van der Waals surface area contributed by atoms with Gasteiger partial charge in [0.1, 0.15) is 22.8 Å². The first-order chi connectivity index (χ1) is 15.5. The van der Waals surface area contributed by atoms with Gasteiger partial charge in [-0.25, -0.2) is 0 Å². The molecule has 1 aromatic rings. The van der Waals surface area contributed by atoms with Crippen molar-refractivity contribution >= 4 is 29.1 Å². The van der Waals surface area contributed by atoms with E-state index in [9.17, 15) is 34.5 Å². The molecule has 4 rings (SSSR count). The van der Waals surface area contributed by atoms with E-state index in [4.69, 9.17) is 5.73 Å². The Balaban J connectivity index is 1.77. The highest BCUT2D eigenvalue weighted by Gasteiger charge is 2.50. The Labute approximate surface area is 189 Å². The lowest BCUT2D eigenvalue weighted by atomic mass is 9.62. The van der Waals surface area contributed by atoms with Crippen LogP contribution in [0.1, 0.15) is 28.8 Å². The molecule has 0 saturated heterocycles. The van der Waals surface area contributed by atoms with Gasteiger partial charge in [0.05, 0.1) is 18.0 Å². The number of hydrogen-bond acceptors (Lipinski definition) is 8. The third-order valence-electron chi connectivity index (χ3n) is 6.50. The number of primary amides is 1. The normalized spacial score (nSPS) is 24.4. The third-order valence-corrected chi connectivity index (χ3v) is 6.50. The summed E-state index contributed by atoms with van der Waals surface area (Å²) >= 11 is 0. The molecule has 0 saturated carbocycles. The Bertz CT molecular complexity index is 1160. The zero-order chi connectivity index (χ0) is 24.2. The second-order valence-electron chi connectivity index (χ2n) is 9.03. The summed E-state index contributed by atoms with van der Waals surface area (Å²) in [6.07, 6.45) is 0.491. The van der Waals surface area contributed by atoms with Gasteiger partial charge in [0.25, 0.3) is 5.91 Å². The van der Waals surface area contributed by atoms with Crippen LogP contribution >= 0.6 is 0 Å². The molecule has 2 amide bonds. The lowest BCUT2D eigenvalue weighted by Crippen LogP contribution is -2.43. The van der Waals surface area contributed by atoms with Crippen LogP contribution in [0, 0.1) is 17.8 Å². The number of nitrogens with zero attached hydrogens (tertiary/aromatic N) is 1. The summed E-state index contributed by atoms with van der Waals surface area (Å²) in [5, 5.41) is 34.4. The van der Waals surface area contributed by atoms with Gasteiger partial charge in [-0.2, -0.15) is 0 Å². The number of hydrogen-bond donors (Lipinski definition) is 5. The molecule has 174 valence electrons. The van der Waals surface area contributed by atoms with Gasteiger partial charge in [-0.3, -0.25) is 19.2 Å². The number of benzene rings is 1. The lowest BCUT2D eigenvalue weighted by molar-refractivity contribution is -0.126. The molecule has 0 aromatic heterocycles. The molecule has 3 aliphatic rings. The van der Waals surface area contributed by atoms with E-state index >= 15 is 0 Å². The van der Waals surface area contributed by atoms with Crippen LogP contribution in [0.3, 0.4) is 0 Å². The van der Waals surface area contributed by atoms with E-state index in [-0.39, 0.29) is 48.6 Å². The van der Waals surface area contributed by atoms with Crippen molar-refractivity contribution in [2.24, 2.45) is 23.5 Å². The number of aliphatic hydroxyl groups excluding tert-OH is 2. The predicted octanol–water partition coefficient (Wildman–Crippen LogP) is 0.966. The number of fused-ring (bicyclic) bond motifs is 3. The van der Waals surface area contributed by atoms with E-state index in [2.05, 4.69) is 5.32 Å². The second-order valence-corrected chi connectivity index (χ2v) is 9.03. The van der Waals surface area contributed by atoms with Gasteiger partial charge in [0.2, 0.25) is 5.91 Å². The summed E-state index contributed by atoms with van der Waals surface area (Å²) < 4.78 is 0. The molecule has 10 heteroatoms. The fourth-order valence-electron chi connectivity index (χ4n) is 5.23. The van der Waals surface area contributed by atoms with Crippen LogP contribution in [-0.4, -0.2) is 64.2 Å². The number of carbonyl (C=O) groups excluding carboxylic acids is 4. The van der Waals surface area contributed by atoms with Gasteiger partial charge in [0, 0.05) is 17.7 Å². The fraction of sp³-hybridized carbons (Fsp3) is 0.391. The quantitative estimate of drug-likeness (QED) is 0.330. The van der Waals surface area contributed by atoms with Crippen molar-refractivity contribution in [2.45, 2.75) is 19.3 Å². The maximum absolute atomic E-state index is 13.4. The van der Waals surface area contributed by atoms with Crippen molar-refractivity contribution in [1.82, 2.24) is 4.90 Å². The van der Waals surface area contributed by atoms with Crippen molar-refractivity contribution in [3.8, 4) is 5.75 Å². The number of anilines is 1. The second kappa shape index (κ2) is 8.04. The highest BCUT2D eigenvalue weighted by atomic mass is 16.3. The molecule has 3 unspecified atom stereocenters. The highest BCUT2D eigenvalue weighted by molar-refractivity contribution is 6.22. The third kappa shape index (κ3) is 3.66. The Morgan fingerprint density at radius 3 is 2.48 bits per heavy atom. The Hall–Kier alpha value is -3.66. The monoisotopic (exact) mass is 455 g/mol. The van der Waals surface area contributed by atoms with Crippen molar-refractivity contribution in [3.05, 3.63) is 45.9 Å². The number of likely N-dealkylation sites (N-methyl/N-ethyl adjacent to an activating group) is 1. The van der Waals surface area contributed by atoms with Crippen molar-refractivity contribution < 1.29 is 34.5 Å². The van der Waals surface area contributed by atoms with Gasteiger partial charge in [-0.05, 0) is 56.5 Å². The molecule has 0 fully saturated rings. The van der Waals surface area contributed by atoms with Crippen LogP contribution in [-0.2, 0) is 20.8 Å². The van der Waals surface area contributed by atoms with Crippen LogP contribution in [0.2, 0.25) is 0 Å². The molecule has 1 aromatic carbocycles. The molecule has 0 bridgehead atoms. The Kier molecular flexibility index (Phi) is 5.49. The standard InChI is InChI=1S/C23H25N3O7/c1-26(2)8-15(29)25-12-3-4-13(27)18-11(12)6-9-5-10-7-14(28)19(23(24)33)22(32)17(10)20(30)16(9)21(18)31/h3-4,9-10,17,27-28,30H,5-8H2,1-2H3,(H2,24,33)(H,25,29). The summed E-state index contributed by atoms with van der Waals surface area (Å²) in [5.74, 6) is -6.17. The van der Waals surface area contributed by atoms with E-state index < -0.39 is 52.3 Å². The van der Waals surface area contributed by atoms with Gasteiger partial charge in [0.15, 0.2) is 11.6 Å². The fourth-order valence-corrected chi connectivity index (χ4v) is 5.23. The largest absolute Gasteiger partial charge is 0.511 e. The van der Waals surface area contributed by atoms with E-state index in [1.165, 1.54) is 12.1 Å². The zero-order valence-electron chi connectivity index (χ0n) is 18.2. The average molecular weight is 455 g/mol. The molecule has 0 heterocycles. The number of ketones is 2. The molecule has 3 aliphatic carbocycles. The summed E-state index contributed by atoms with van der Waals surface area (Å²) in [4.78, 5) is 51.9. The first kappa shape index (κ1) is 22.5. The number of rotatable bonds is 4. The Morgan fingerprint density at radius 2 is 1.85 bits per heavy atom. The maximum atomic E-state index is 13.4. The van der Waals surface area contributed by atoms with E-state index in [0.29, 0.717) is 11.3 Å². The molecule has 6 N–H and O–H groups in total. The van der Waals surface area contributed by atoms with Crippen LogP contribution in [0.15, 0.2) is 34.8 Å². The van der Waals surface area contributed by atoms with Crippen molar-refractivity contribution in [3.63, 3.8) is 0 Å². The van der Waals surface area contributed by atoms with Crippen LogP contribution in [0.25, 0.3) is 0 Å². The Morgan fingerprint density at radius 1 is 1.15 bits per heavy atom. The number of aromatic hydroxyl groups is 1. The summed E-state index contributed by atoms with van der Waals surface area (Å²) in [6, 6.07) is 2.82. The number of carbonyl (C=O) groups is 4. The SMILES string of the molecule is CN(C)CC(=O)Nc1ccc(O)c2c1CC1CC3CC(O)=C(C(N)=O)C(=O)C3C(O)=C1C2=O. The molecule has 0 aliphatic heterocycles. The number of phenolic OH excluding ortho intramolecular Hbond substituents is 1. The number of Topliss-reactive ketones (excluding diaryl/α,β-unsaturated/α-hetero) is 2. The predicted molar refractivity (Wildman–Crippen MR) is 117 cm³/mol. The van der Waals surface area contributed by atoms with E-state index in [1.54, 1.807) is 19.0 Å². The topological polar surface area (TPSA) is 170 Å². The number of nitrogens with two attached hydrogens (primary N) is 1. The first-order valence-corrected chi connectivity index (χ1v) is 10.5. The molecular weight excluding hydrogens is 430 g/mol. The minimum Gasteiger partial charge on any atom is -0.511 e. The number of phenols is 1. The van der Waals surface area contributed by atoms with Crippen LogP contribution in [0.4, 0.5) is 5.69 Å². The lowest BCUT2D eigenvalue weighted by Gasteiger charge is -2.41. The zero-order valence-corrected chi connectivity index (χ0v) is 18.2. The molecule has 10 nitrogen and oxygen atoms in total. The van der Waals surface area contributed by atoms with Crippen molar-refractivity contribution in [1.29, 1.82) is 0 Å². The van der Waals surface area contributed by atoms with Crippen molar-refractivity contribution in [2.75, 3.05) is 26.0 Å². The number of allylic oxidation sites excluding steroid dienone is 3. The van der Waals surface area contributed by atoms with E-state index in [1.807, 2.05) is 0 Å². The van der Waals surface area contributed by atoms with E-state index in [0.717, 1.165) is 0 Å². The van der Waals surface area contributed by atoms with Gasteiger partial charge in [-0.15, -0.1) is 0 Å². The number of amides is 2. The molecule has 3 atom stereocenters. The van der Waals surface area contributed by atoms with Gasteiger partial charge in [-0.1, -0.05) is 0 Å². The molecule has 0 radical (unpaired) electrons. The summed E-state index contributed by atoms with van der Waals surface area (Å²) in [5.41, 5.74) is 5.49. The van der Waals surface area contributed by atoms with Crippen LogP contribution in [0.5, 0.6) is 5.75 Å². The smallest absolute Gasteiger partial charge is 0.255 e. The number of aliphatic hydroxyl groups is 2. The summed E-state index contributed by atoms with van der Waals surface area (Å²) in [6.45, 7) is 0.124. The van der Waals surface area contributed by atoms with Crippen LogP contribution < -0.4 is 11.1 Å². The average Bonchev–Trinajstić information content (AvgIpc) is 2.68. The first-order valence-electron chi connectivity index (χ1n) is 10.5. The maximum Gasteiger partial charge on any atom is 0.255 e. The molecule has 0 spiro atoms. The van der Waals surface area contributed by atoms with Gasteiger partial charge < -0.3 is 31.3 Å². The number of nitrogens with one attached hydrogen (secondary N) is 1. The van der Waals surface area contributed by atoms with Gasteiger partial charge >= 0.3 is 0 Å². The summed E-state index contributed by atoms with van der Waals surface area (Å²) in [7, 11) is 3.49. The molecule has 33 heavy (non-hydrogen) atoms. The minimum absolute atomic E-state index is 0.00868. The highest BCUT2D eigenvalue weighted by Crippen LogP contribution is 2.50.